The quantitative estimate of drug-likeness (QED) is 0.849. The van der Waals surface area contributed by atoms with Gasteiger partial charge in [0, 0.05) is 17.8 Å². The summed E-state index contributed by atoms with van der Waals surface area (Å²) in [6.45, 7) is 2.87. The van der Waals surface area contributed by atoms with Crippen LogP contribution >= 0.6 is 0 Å². The maximum absolute atomic E-state index is 10.1. The van der Waals surface area contributed by atoms with E-state index in [2.05, 4.69) is 11.0 Å². The summed E-state index contributed by atoms with van der Waals surface area (Å²) in [5.41, 5.74) is 1.98. The zero-order valence-electron chi connectivity index (χ0n) is 10.1. The molecule has 3 nitrogen and oxygen atoms in total. The minimum absolute atomic E-state index is 0.0959. The Kier molecular flexibility index (Phi) is 3.65. The van der Waals surface area contributed by atoms with Gasteiger partial charge in [-0.15, -0.1) is 0 Å². The molecule has 0 fully saturated rings. The number of aliphatic hydroxyl groups excluding tert-OH is 1. The van der Waals surface area contributed by atoms with E-state index in [1.165, 1.54) is 0 Å². The number of fused-ring (bicyclic) bond motifs is 1. The van der Waals surface area contributed by atoms with Crippen LogP contribution in [0, 0.1) is 11.3 Å². The molecule has 17 heavy (non-hydrogen) atoms. The first-order valence-corrected chi connectivity index (χ1v) is 6.21. The van der Waals surface area contributed by atoms with Gasteiger partial charge >= 0.3 is 0 Å². The molecule has 0 aromatic heterocycles. The molecular weight excluding hydrogens is 212 g/mol. The van der Waals surface area contributed by atoms with Gasteiger partial charge in [0.05, 0.1) is 12.2 Å². The van der Waals surface area contributed by atoms with Gasteiger partial charge in [-0.1, -0.05) is 25.1 Å². The van der Waals surface area contributed by atoms with Crippen LogP contribution in [0.3, 0.4) is 0 Å². The van der Waals surface area contributed by atoms with Crippen molar-refractivity contribution in [3.8, 4) is 6.07 Å². The van der Waals surface area contributed by atoms with E-state index in [0.717, 1.165) is 37.1 Å². The molecule has 0 bridgehead atoms. The fourth-order valence-electron chi connectivity index (χ4n) is 2.47. The van der Waals surface area contributed by atoms with Gasteiger partial charge in [-0.2, -0.15) is 5.26 Å². The third-order valence-electron chi connectivity index (χ3n) is 3.39. The smallest absolute Gasteiger partial charge is 0.116 e. The molecule has 1 aliphatic heterocycles. The van der Waals surface area contributed by atoms with Crippen LogP contribution in [0.1, 0.15) is 37.9 Å². The fraction of sp³-hybridized carbons (Fsp3) is 0.500. The van der Waals surface area contributed by atoms with Crippen molar-refractivity contribution >= 4 is 5.69 Å². The number of hydrogen-bond acceptors (Lipinski definition) is 3. The van der Waals surface area contributed by atoms with E-state index in [1.54, 1.807) is 0 Å². The highest BCUT2D eigenvalue weighted by molar-refractivity contribution is 5.57. The highest BCUT2D eigenvalue weighted by Gasteiger charge is 2.25. The molecule has 0 aliphatic carbocycles. The van der Waals surface area contributed by atoms with Crippen molar-refractivity contribution in [3.05, 3.63) is 29.8 Å². The van der Waals surface area contributed by atoms with Gasteiger partial charge in [0.2, 0.25) is 0 Å². The molecule has 2 rings (SSSR count). The van der Waals surface area contributed by atoms with E-state index in [1.807, 2.05) is 31.2 Å². The fourth-order valence-corrected chi connectivity index (χ4v) is 2.47. The number of aliphatic hydroxyl groups is 1. The Bertz CT molecular complexity index is 424. The molecule has 1 aliphatic rings. The number of anilines is 1. The number of para-hydroxylation sites is 1. The van der Waals surface area contributed by atoms with Crippen molar-refractivity contribution in [2.75, 3.05) is 11.4 Å². The van der Waals surface area contributed by atoms with E-state index in [9.17, 15) is 10.4 Å². The summed E-state index contributed by atoms with van der Waals surface area (Å²) < 4.78 is 0. The van der Waals surface area contributed by atoms with E-state index >= 15 is 0 Å². The summed E-state index contributed by atoms with van der Waals surface area (Å²) in [4.78, 5) is 2.13. The maximum atomic E-state index is 10.1. The van der Waals surface area contributed by atoms with Crippen LogP contribution in [-0.2, 0) is 0 Å². The van der Waals surface area contributed by atoms with Gasteiger partial charge in [-0.3, -0.25) is 0 Å². The Balaban J connectivity index is 2.42. The minimum Gasteiger partial charge on any atom is -0.388 e. The second-order valence-electron chi connectivity index (χ2n) is 4.46. The average molecular weight is 230 g/mol. The first kappa shape index (κ1) is 11.9. The molecule has 3 heteroatoms. The van der Waals surface area contributed by atoms with Gasteiger partial charge in [0.15, 0.2) is 0 Å². The zero-order valence-corrected chi connectivity index (χ0v) is 10.1. The Morgan fingerprint density at radius 2 is 2.29 bits per heavy atom. The molecule has 1 heterocycles. The zero-order chi connectivity index (χ0) is 12.3. The molecule has 1 N–H and O–H groups in total. The second kappa shape index (κ2) is 5.20. The van der Waals surface area contributed by atoms with Crippen molar-refractivity contribution < 1.29 is 5.11 Å². The van der Waals surface area contributed by atoms with Crippen LogP contribution in [0.25, 0.3) is 0 Å². The Labute approximate surface area is 102 Å². The number of hydrogen-bond donors (Lipinski definition) is 1. The van der Waals surface area contributed by atoms with Gasteiger partial charge in [-0.05, 0) is 25.3 Å². The summed E-state index contributed by atoms with van der Waals surface area (Å²) in [7, 11) is 0. The van der Waals surface area contributed by atoms with Crippen LogP contribution in [0.4, 0.5) is 5.69 Å². The highest BCUT2D eigenvalue weighted by Crippen LogP contribution is 2.33. The molecule has 2 unspecified atom stereocenters. The highest BCUT2D eigenvalue weighted by atomic mass is 16.3. The Morgan fingerprint density at radius 1 is 1.53 bits per heavy atom. The van der Waals surface area contributed by atoms with Crippen molar-refractivity contribution in [2.24, 2.45) is 0 Å². The summed E-state index contributed by atoms with van der Waals surface area (Å²) in [6.07, 6.45) is 2.11. The topological polar surface area (TPSA) is 47.3 Å². The number of rotatable bonds is 2. The van der Waals surface area contributed by atoms with Crippen molar-refractivity contribution in [1.82, 2.24) is 0 Å². The van der Waals surface area contributed by atoms with Gasteiger partial charge < -0.3 is 10.0 Å². The van der Waals surface area contributed by atoms with E-state index in [0.29, 0.717) is 0 Å². The predicted molar refractivity (Wildman–Crippen MR) is 67.7 cm³/mol. The second-order valence-corrected chi connectivity index (χ2v) is 4.46. The molecule has 2 atom stereocenters. The average Bonchev–Trinajstić information content (AvgIpc) is 2.53. The predicted octanol–water partition coefficient (Wildman–Crippen LogP) is 2.62. The van der Waals surface area contributed by atoms with E-state index in [4.69, 9.17) is 0 Å². The minimum atomic E-state index is -0.396. The lowest BCUT2D eigenvalue weighted by Crippen LogP contribution is -2.34. The molecule has 0 radical (unpaired) electrons. The van der Waals surface area contributed by atoms with Crippen LogP contribution in [0.5, 0.6) is 0 Å². The van der Waals surface area contributed by atoms with Crippen LogP contribution in [0.15, 0.2) is 24.3 Å². The third-order valence-corrected chi connectivity index (χ3v) is 3.39. The number of nitrogens with zero attached hydrogens (tertiary/aromatic N) is 2. The lowest BCUT2D eigenvalue weighted by Gasteiger charge is -2.29. The van der Waals surface area contributed by atoms with Crippen molar-refractivity contribution in [1.29, 1.82) is 5.26 Å². The standard InChI is InChI=1S/C14H18N2O/c1-2-11(10-15)16-9-5-8-14(17)12-6-3-4-7-13(12)16/h3-4,6-7,11,14,17H,2,5,8-9H2,1H3. The van der Waals surface area contributed by atoms with Gasteiger partial charge in [0.1, 0.15) is 6.04 Å². The first-order valence-electron chi connectivity index (χ1n) is 6.21. The molecule has 0 spiro atoms. The summed E-state index contributed by atoms with van der Waals surface area (Å²) in [6, 6.07) is 10.1. The van der Waals surface area contributed by atoms with Gasteiger partial charge in [0.25, 0.3) is 0 Å². The maximum Gasteiger partial charge on any atom is 0.116 e. The largest absolute Gasteiger partial charge is 0.388 e. The van der Waals surface area contributed by atoms with Crippen molar-refractivity contribution in [3.63, 3.8) is 0 Å². The third kappa shape index (κ3) is 2.27. The Morgan fingerprint density at radius 3 is 3.00 bits per heavy atom. The van der Waals surface area contributed by atoms with E-state index < -0.39 is 6.10 Å². The molecule has 0 amide bonds. The molecule has 90 valence electrons. The molecule has 0 saturated heterocycles. The molecular formula is C14H18N2O. The SMILES string of the molecule is CCC(C#N)N1CCCC(O)c2ccccc21. The normalized spacial score (nSPS) is 21.2. The van der Waals surface area contributed by atoms with Crippen LogP contribution in [0.2, 0.25) is 0 Å². The Hall–Kier alpha value is -1.53. The summed E-state index contributed by atoms with van der Waals surface area (Å²) in [5.74, 6) is 0. The monoisotopic (exact) mass is 230 g/mol. The molecule has 1 aromatic rings. The van der Waals surface area contributed by atoms with Crippen LogP contribution < -0.4 is 4.90 Å². The number of benzene rings is 1. The number of nitriles is 1. The molecule has 1 aromatic carbocycles. The lowest BCUT2D eigenvalue weighted by atomic mass is 10.0. The summed E-state index contributed by atoms with van der Waals surface area (Å²) >= 11 is 0. The van der Waals surface area contributed by atoms with Gasteiger partial charge in [-0.25, -0.2) is 0 Å². The molecule has 0 saturated carbocycles. The van der Waals surface area contributed by atoms with Crippen molar-refractivity contribution in [2.45, 2.75) is 38.3 Å². The summed E-state index contributed by atoms with van der Waals surface area (Å²) in [5, 5.41) is 19.3. The first-order chi connectivity index (χ1) is 8.27. The van der Waals surface area contributed by atoms with E-state index in [-0.39, 0.29) is 6.04 Å². The van der Waals surface area contributed by atoms with Crippen LogP contribution in [-0.4, -0.2) is 17.7 Å². The lowest BCUT2D eigenvalue weighted by molar-refractivity contribution is 0.168.